The van der Waals surface area contributed by atoms with Crippen molar-refractivity contribution in [3.05, 3.63) is 78.4 Å². The van der Waals surface area contributed by atoms with Crippen molar-refractivity contribution in [2.24, 2.45) is 0 Å². The number of carbonyl (C=O) groups excluding carboxylic acids is 2. The number of aromatic nitrogens is 3. The Morgan fingerprint density at radius 2 is 1.78 bits per heavy atom. The summed E-state index contributed by atoms with van der Waals surface area (Å²) < 4.78 is 5.45. The smallest absolute Gasteiger partial charge is 0.295 e. The van der Waals surface area contributed by atoms with E-state index in [1.54, 1.807) is 11.1 Å². The molecule has 8 nitrogen and oxygen atoms in total. The molecule has 1 fully saturated rings. The Hall–Kier alpha value is -3.19. The van der Waals surface area contributed by atoms with Crippen molar-refractivity contribution in [2.45, 2.75) is 40.5 Å². The number of ether oxygens (including phenoxy) is 1. The van der Waals surface area contributed by atoms with Gasteiger partial charge in [0.1, 0.15) is 5.75 Å². The summed E-state index contributed by atoms with van der Waals surface area (Å²) in [5.74, 6) is -0.799. The van der Waals surface area contributed by atoms with Crippen LogP contribution in [0.2, 0.25) is 0 Å². The molecule has 0 aliphatic carbocycles. The Labute approximate surface area is 273 Å². The van der Waals surface area contributed by atoms with E-state index in [-0.39, 0.29) is 47.1 Å². The van der Waals surface area contributed by atoms with Gasteiger partial charge in [-0.05, 0) is 29.0 Å². The Morgan fingerprint density at radius 1 is 1.12 bits per heavy atom. The first-order valence-electron chi connectivity index (χ1n) is 13.0. The average molecular weight is 649 g/mol. The van der Waals surface area contributed by atoms with Gasteiger partial charge in [-0.15, -0.1) is 0 Å². The third kappa shape index (κ3) is 7.76. The molecule has 3 aromatic heterocycles. The fourth-order valence-corrected chi connectivity index (χ4v) is 4.93. The number of hydrogen-bond acceptors (Lipinski definition) is 7. The second-order valence-corrected chi connectivity index (χ2v) is 8.82. The maximum Gasteiger partial charge on any atom is 0.295 e. The second kappa shape index (κ2) is 17.6. The number of pyridine rings is 1. The Kier molecular flexibility index (Phi) is 15.4. The van der Waals surface area contributed by atoms with Crippen molar-refractivity contribution in [3.8, 4) is 22.5 Å². The van der Waals surface area contributed by atoms with Crippen LogP contribution in [-0.2, 0) is 37.5 Å². The van der Waals surface area contributed by atoms with Crippen molar-refractivity contribution in [2.75, 3.05) is 20.2 Å². The number of likely N-dealkylation sites (tertiary alicyclic amines) is 1. The molecule has 0 saturated carbocycles. The van der Waals surface area contributed by atoms with Gasteiger partial charge in [-0.3, -0.25) is 14.6 Å². The number of thiazole rings is 1. The molecule has 1 aromatic carbocycles. The van der Waals surface area contributed by atoms with Gasteiger partial charge in [-0.25, -0.2) is 0 Å². The fraction of sp³-hybridized carbons (Fsp3) is 0.290. The molecule has 0 unspecified atom stereocenters. The van der Waals surface area contributed by atoms with Gasteiger partial charge in [-0.1, -0.05) is 64.2 Å². The number of benzene rings is 1. The van der Waals surface area contributed by atoms with Crippen LogP contribution in [-0.4, -0.2) is 51.7 Å². The van der Waals surface area contributed by atoms with Crippen LogP contribution in [0.25, 0.3) is 27.2 Å². The Balaban J connectivity index is 0.00000230. The molecule has 0 atom stereocenters. The number of nitriles is 1. The number of hydrogen-bond donors (Lipinski definition) is 1. The summed E-state index contributed by atoms with van der Waals surface area (Å²) >= 11 is 1.31. The van der Waals surface area contributed by atoms with Gasteiger partial charge < -0.3 is 38.4 Å². The van der Waals surface area contributed by atoms with Gasteiger partial charge in [0, 0.05) is 59.1 Å². The maximum absolute atomic E-state index is 13.3. The standard InChI is InChI=1S/C26H20N5O3S.2C2H6.CH3.Y.H2/c1-34-20-15-30-23(25-28-9-12-35-25)22-21(20)19(14-29-22)24(32)26(33)31-10-7-17(8-11-31)18(13-27)16-5-3-2-4-6-16;2*1-2;;;/h2-6,9,14-15,29H,7-8,10-11H2,1H3;2*1-2H3;1H3;;1H/q-1;;;-1;;. The van der Waals surface area contributed by atoms with E-state index in [2.05, 4.69) is 26.4 Å². The van der Waals surface area contributed by atoms with E-state index < -0.39 is 11.7 Å². The number of carbonyl (C=O) groups is 2. The number of H-pyrrole nitrogens is 1. The molecule has 1 aliphatic rings. The monoisotopic (exact) mass is 648 g/mol. The minimum atomic E-state index is -0.617. The molecular formula is C31H37N5O3SY-2. The van der Waals surface area contributed by atoms with E-state index in [0.29, 0.717) is 58.9 Å². The van der Waals surface area contributed by atoms with Crippen LogP contribution in [0.5, 0.6) is 5.75 Å². The Bertz CT molecular complexity index is 1490. The number of allylic oxidation sites excluding steroid dienone is 1. The Morgan fingerprint density at radius 3 is 2.34 bits per heavy atom. The molecule has 41 heavy (non-hydrogen) atoms. The third-order valence-electron chi connectivity index (χ3n) is 6.11. The van der Waals surface area contributed by atoms with Crippen LogP contribution in [0.1, 0.15) is 57.9 Å². The number of methoxy groups -OCH3 is 1. The number of fused-ring (bicyclic) bond motifs is 1. The molecule has 1 amide bonds. The molecule has 4 heterocycles. The molecule has 10 heteroatoms. The van der Waals surface area contributed by atoms with Crippen LogP contribution < -0.4 is 4.74 Å². The summed E-state index contributed by atoms with van der Waals surface area (Å²) in [6.07, 6.45) is 5.70. The van der Waals surface area contributed by atoms with Crippen LogP contribution in [0, 0.1) is 24.1 Å². The van der Waals surface area contributed by atoms with Crippen molar-refractivity contribution in [3.63, 3.8) is 0 Å². The van der Waals surface area contributed by atoms with Crippen molar-refractivity contribution >= 4 is 39.5 Å². The fourth-order valence-electron chi connectivity index (χ4n) is 4.36. The van der Waals surface area contributed by atoms with Gasteiger partial charge in [0.25, 0.3) is 11.7 Å². The van der Waals surface area contributed by atoms with Gasteiger partial charge in [0.2, 0.25) is 0 Å². The van der Waals surface area contributed by atoms with Crippen LogP contribution in [0.15, 0.2) is 54.5 Å². The normalized spacial score (nSPS) is 11.8. The molecule has 1 radical (unpaired) electrons. The van der Waals surface area contributed by atoms with Gasteiger partial charge in [0.15, 0.2) is 0 Å². The van der Waals surface area contributed by atoms with E-state index in [1.807, 2.05) is 58.0 Å². The summed E-state index contributed by atoms with van der Waals surface area (Å²) in [5.41, 5.74) is 3.89. The molecule has 0 spiro atoms. The minimum Gasteiger partial charge on any atom is -0.494 e. The molecular weight excluding hydrogens is 611 g/mol. The zero-order chi connectivity index (χ0) is 28.4. The molecule has 1 N–H and O–H groups in total. The number of nitrogens with zero attached hydrogens (tertiary/aromatic N) is 4. The van der Waals surface area contributed by atoms with Crippen molar-refractivity contribution < 1.29 is 48.5 Å². The predicted octanol–water partition coefficient (Wildman–Crippen LogP) is 7.02. The number of aromatic amines is 1. The number of amides is 1. The summed E-state index contributed by atoms with van der Waals surface area (Å²) in [6, 6.07) is 11.8. The zero-order valence-electron chi connectivity index (χ0n) is 24.4. The molecule has 1 aliphatic heterocycles. The first-order chi connectivity index (χ1) is 19.1. The first-order valence-corrected chi connectivity index (χ1v) is 13.8. The third-order valence-corrected chi connectivity index (χ3v) is 6.82. The number of piperidine rings is 1. The summed E-state index contributed by atoms with van der Waals surface area (Å²) in [6.45, 7) is 8.75. The van der Waals surface area contributed by atoms with Crippen molar-refractivity contribution in [1.82, 2.24) is 19.9 Å². The second-order valence-electron chi connectivity index (χ2n) is 7.99. The molecule has 215 valence electrons. The largest absolute Gasteiger partial charge is 0.494 e. The van der Waals surface area contributed by atoms with Gasteiger partial charge in [0.05, 0.1) is 41.4 Å². The summed E-state index contributed by atoms with van der Waals surface area (Å²) in [4.78, 5) is 39.8. The van der Waals surface area contributed by atoms with Crippen LogP contribution >= 0.6 is 11.3 Å². The molecule has 0 bridgehead atoms. The predicted molar refractivity (Wildman–Crippen MR) is 163 cm³/mol. The van der Waals surface area contributed by atoms with E-state index in [0.717, 1.165) is 11.1 Å². The molecule has 4 aromatic rings. The zero-order valence-corrected chi connectivity index (χ0v) is 28.1. The van der Waals surface area contributed by atoms with Gasteiger partial charge >= 0.3 is 0 Å². The summed E-state index contributed by atoms with van der Waals surface area (Å²) in [7, 11) is 1.49. The number of nitrogens with one attached hydrogen (secondary N) is 1. The molecule has 5 rings (SSSR count). The first kappa shape index (κ1) is 35.8. The van der Waals surface area contributed by atoms with Crippen molar-refractivity contribution in [1.29, 1.82) is 5.26 Å². The number of rotatable bonds is 5. The number of Topliss-reactive ketones (excluding diaryl/α,β-unsaturated/α-hetero) is 1. The quantitative estimate of drug-likeness (QED) is 0.108. The van der Waals surface area contributed by atoms with E-state index >= 15 is 0 Å². The average Bonchev–Trinajstić information content (AvgIpc) is 3.71. The van der Waals surface area contributed by atoms with Gasteiger partial charge in [-0.2, -0.15) is 10.6 Å². The SMILES string of the molecule is CC.CC.COc1cnc(-c2nc[c-]s2)c2[nH]cc(C(=O)C(=O)N3CCC(=C(C#N)c4ccccc4)CC3)c12.[CH3-].[HH].[Y]. The van der Waals surface area contributed by atoms with E-state index in [9.17, 15) is 14.9 Å². The van der Waals surface area contributed by atoms with E-state index in [1.165, 1.54) is 30.8 Å². The van der Waals surface area contributed by atoms with Crippen LogP contribution in [0.4, 0.5) is 0 Å². The number of ketones is 1. The topological polar surface area (TPSA) is 112 Å². The van der Waals surface area contributed by atoms with Crippen LogP contribution in [0.3, 0.4) is 0 Å². The van der Waals surface area contributed by atoms with E-state index in [4.69, 9.17) is 4.74 Å². The molecule has 1 saturated heterocycles. The summed E-state index contributed by atoms with van der Waals surface area (Å²) in [5, 5.41) is 13.8. The maximum atomic E-state index is 13.3. The minimum absolute atomic E-state index is 0.